The Morgan fingerprint density at radius 1 is 1.08 bits per heavy atom. The van der Waals surface area contributed by atoms with Crippen molar-refractivity contribution in [2.45, 2.75) is 57.9 Å². The molecule has 0 aliphatic rings. The number of carbonyl (C=O) groups is 4. The predicted octanol–water partition coefficient (Wildman–Crippen LogP) is -0.362. The van der Waals surface area contributed by atoms with Crippen LogP contribution in [0.15, 0.2) is 12.5 Å². The first kappa shape index (κ1) is 31.4. The van der Waals surface area contributed by atoms with Gasteiger partial charge >= 0.3 is 0 Å². The predicted molar refractivity (Wildman–Crippen MR) is 132 cm³/mol. The van der Waals surface area contributed by atoms with Gasteiger partial charge in [0.2, 0.25) is 11.8 Å². The second-order valence-electron chi connectivity index (χ2n) is 8.72. The Morgan fingerprint density at radius 3 is 2.44 bits per heavy atom. The number of aromatic amines is 1. The number of Topliss-reactive ketones (excluding diaryl/α,β-unsaturated/α-hetero) is 2. The van der Waals surface area contributed by atoms with Crippen LogP contribution in [0.5, 0.6) is 0 Å². The first-order valence-electron chi connectivity index (χ1n) is 12.4. The number of ether oxygens (including phenoxy) is 2. The summed E-state index contributed by atoms with van der Waals surface area (Å²) in [4.78, 5) is 55.6. The van der Waals surface area contributed by atoms with E-state index in [0.717, 1.165) is 6.42 Å². The van der Waals surface area contributed by atoms with E-state index < -0.39 is 30.4 Å². The van der Waals surface area contributed by atoms with Crippen LogP contribution < -0.4 is 16.8 Å². The Hall–Kier alpha value is -2.67. The molecule has 1 aromatic rings. The molecule has 12 nitrogen and oxygen atoms in total. The second-order valence-corrected chi connectivity index (χ2v) is 8.72. The largest absolute Gasteiger partial charge is 0.396 e. The molecule has 204 valence electrons. The number of ketones is 2. The van der Waals surface area contributed by atoms with E-state index in [1.54, 1.807) is 6.20 Å². The molecule has 0 aliphatic heterocycles. The molecule has 0 aromatic carbocycles. The van der Waals surface area contributed by atoms with E-state index in [1.807, 2.05) is 6.92 Å². The van der Waals surface area contributed by atoms with Crippen LogP contribution in [0.2, 0.25) is 0 Å². The van der Waals surface area contributed by atoms with Gasteiger partial charge in [0, 0.05) is 50.2 Å². The molecule has 7 N–H and O–H groups in total. The number of nitrogens with one attached hydrogen (secondary N) is 2. The van der Waals surface area contributed by atoms with Gasteiger partial charge in [-0.1, -0.05) is 13.3 Å². The van der Waals surface area contributed by atoms with Crippen molar-refractivity contribution >= 4 is 23.4 Å². The van der Waals surface area contributed by atoms with Gasteiger partial charge in [0.05, 0.1) is 38.1 Å². The Morgan fingerprint density at radius 2 is 1.81 bits per heavy atom. The Bertz CT molecular complexity index is 788. The van der Waals surface area contributed by atoms with Gasteiger partial charge in [-0.15, -0.1) is 0 Å². The van der Waals surface area contributed by atoms with E-state index in [9.17, 15) is 24.3 Å². The zero-order chi connectivity index (χ0) is 26.8. The maximum Gasteiger partial charge on any atom is 0.245 e. The quantitative estimate of drug-likeness (QED) is 0.129. The van der Waals surface area contributed by atoms with Gasteiger partial charge in [-0.25, -0.2) is 4.98 Å². The minimum Gasteiger partial charge on any atom is -0.396 e. The molecule has 12 heteroatoms. The molecule has 0 radical (unpaired) electrons. The number of amides is 2. The molecule has 0 fully saturated rings. The highest BCUT2D eigenvalue weighted by atomic mass is 16.5. The second kappa shape index (κ2) is 18.6. The van der Waals surface area contributed by atoms with Crippen molar-refractivity contribution in [3.8, 4) is 0 Å². The van der Waals surface area contributed by atoms with E-state index in [1.165, 1.54) is 6.33 Å². The van der Waals surface area contributed by atoms with Crippen LogP contribution in [0.25, 0.3) is 0 Å². The van der Waals surface area contributed by atoms with Gasteiger partial charge in [0.1, 0.15) is 12.4 Å². The highest BCUT2D eigenvalue weighted by Gasteiger charge is 2.28. The van der Waals surface area contributed by atoms with Crippen molar-refractivity contribution in [1.82, 2.24) is 15.3 Å². The number of aliphatic hydroxyl groups excluding tert-OH is 1. The Balaban J connectivity index is 2.49. The van der Waals surface area contributed by atoms with Gasteiger partial charge in [-0.3, -0.25) is 19.2 Å². The number of aliphatic hydroxyl groups is 1. The summed E-state index contributed by atoms with van der Waals surface area (Å²) >= 11 is 0. The topological polar surface area (TPSA) is 200 Å². The lowest BCUT2D eigenvalue weighted by Gasteiger charge is -2.19. The molecule has 0 aliphatic carbocycles. The number of hydrogen-bond acceptors (Lipinski definition) is 9. The van der Waals surface area contributed by atoms with Crippen LogP contribution in [0, 0.1) is 11.8 Å². The van der Waals surface area contributed by atoms with E-state index in [2.05, 4.69) is 15.3 Å². The van der Waals surface area contributed by atoms with Crippen molar-refractivity contribution in [3.63, 3.8) is 0 Å². The average molecular weight is 512 g/mol. The lowest BCUT2D eigenvalue weighted by Crippen LogP contribution is -2.36. The fourth-order valence-corrected chi connectivity index (χ4v) is 3.51. The third-order valence-corrected chi connectivity index (χ3v) is 5.64. The zero-order valence-corrected chi connectivity index (χ0v) is 21.1. The average Bonchev–Trinajstić information content (AvgIpc) is 3.36. The summed E-state index contributed by atoms with van der Waals surface area (Å²) in [5.74, 6) is -3.28. The summed E-state index contributed by atoms with van der Waals surface area (Å²) < 4.78 is 10.5. The fraction of sp³-hybridized carbons (Fsp3) is 0.708. The molecule has 0 bridgehead atoms. The smallest absolute Gasteiger partial charge is 0.245 e. The van der Waals surface area contributed by atoms with Crippen molar-refractivity contribution in [2.24, 2.45) is 23.3 Å². The number of hydrogen-bond donors (Lipinski definition) is 5. The number of primary amides is 1. The molecule has 0 spiro atoms. The van der Waals surface area contributed by atoms with E-state index in [0.29, 0.717) is 51.3 Å². The van der Waals surface area contributed by atoms with E-state index >= 15 is 0 Å². The number of aromatic nitrogens is 2. The van der Waals surface area contributed by atoms with Gasteiger partial charge in [0.25, 0.3) is 0 Å². The lowest BCUT2D eigenvalue weighted by molar-refractivity contribution is -0.132. The van der Waals surface area contributed by atoms with Crippen molar-refractivity contribution in [1.29, 1.82) is 0 Å². The molecule has 0 unspecified atom stereocenters. The maximum absolute atomic E-state index is 12.9. The van der Waals surface area contributed by atoms with Gasteiger partial charge < -0.3 is 36.3 Å². The van der Waals surface area contributed by atoms with Crippen molar-refractivity contribution in [2.75, 3.05) is 39.6 Å². The first-order valence-corrected chi connectivity index (χ1v) is 12.4. The standard InChI is InChI=1S/C24H41N5O7/c1-2-7-35-8-9-36-15-23(33)28-6-4-3-5-17(21(31)11-18(14-30)24(26)34)10-22(32)20(25)12-19-13-27-16-29-19/h13,16-18,20,30H,2-12,14-15,25H2,1H3,(H2,26,34)(H,27,29)(H,28,33)/t17-,18+,20+/m1/s1. The molecule has 3 atom stereocenters. The lowest BCUT2D eigenvalue weighted by atomic mass is 9.85. The number of imidazole rings is 1. The fourth-order valence-electron chi connectivity index (χ4n) is 3.51. The molecule has 1 rings (SSSR count). The normalized spacial score (nSPS) is 13.6. The number of nitrogens with zero attached hydrogens (tertiary/aromatic N) is 1. The van der Waals surface area contributed by atoms with E-state index in [4.69, 9.17) is 20.9 Å². The highest BCUT2D eigenvalue weighted by molar-refractivity contribution is 5.92. The molecular formula is C24H41N5O7. The number of carbonyl (C=O) groups excluding carboxylic acids is 4. The molecule has 0 saturated heterocycles. The molecule has 36 heavy (non-hydrogen) atoms. The third kappa shape index (κ3) is 13.4. The van der Waals surface area contributed by atoms with E-state index in [-0.39, 0.29) is 43.3 Å². The Kier molecular flexibility index (Phi) is 16.2. The molecule has 1 heterocycles. The number of nitrogens with two attached hydrogens (primary N) is 2. The van der Waals surface area contributed by atoms with Crippen molar-refractivity contribution in [3.05, 3.63) is 18.2 Å². The zero-order valence-electron chi connectivity index (χ0n) is 21.1. The highest BCUT2D eigenvalue weighted by Crippen LogP contribution is 2.20. The summed E-state index contributed by atoms with van der Waals surface area (Å²) in [6.07, 6.45) is 5.46. The summed E-state index contributed by atoms with van der Waals surface area (Å²) in [6, 6.07) is -0.808. The maximum atomic E-state index is 12.9. The van der Waals surface area contributed by atoms with Crippen LogP contribution >= 0.6 is 0 Å². The molecule has 1 aromatic heterocycles. The minimum atomic E-state index is -1.000. The first-order chi connectivity index (χ1) is 17.3. The monoisotopic (exact) mass is 511 g/mol. The van der Waals surface area contributed by atoms with Crippen LogP contribution in [0.3, 0.4) is 0 Å². The van der Waals surface area contributed by atoms with Crippen LogP contribution in [-0.2, 0) is 35.1 Å². The molecule has 0 saturated carbocycles. The van der Waals surface area contributed by atoms with Crippen LogP contribution in [0.1, 0.15) is 51.1 Å². The van der Waals surface area contributed by atoms with Crippen LogP contribution in [0.4, 0.5) is 0 Å². The summed E-state index contributed by atoms with van der Waals surface area (Å²) in [6.45, 7) is 3.23. The van der Waals surface area contributed by atoms with Gasteiger partial charge in [-0.2, -0.15) is 0 Å². The summed E-state index contributed by atoms with van der Waals surface area (Å²) in [7, 11) is 0. The van der Waals surface area contributed by atoms with Gasteiger partial charge in [-0.05, 0) is 19.3 Å². The number of unbranched alkanes of at least 4 members (excludes halogenated alkanes) is 1. The number of H-pyrrole nitrogens is 1. The summed E-state index contributed by atoms with van der Waals surface area (Å²) in [5, 5.41) is 12.1. The number of rotatable bonds is 22. The van der Waals surface area contributed by atoms with Crippen LogP contribution in [-0.4, -0.2) is 84.1 Å². The SMILES string of the molecule is CCCOCCOCC(=O)NCCCC[C@H](CC(=O)[C@@H](N)Cc1cnc[nH]1)C(=O)C[C@@H](CO)C(N)=O. The molecular weight excluding hydrogens is 470 g/mol. The Labute approximate surface area is 211 Å². The van der Waals surface area contributed by atoms with Crippen molar-refractivity contribution < 1.29 is 33.8 Å². The minimum absolute atomic E-state index is 0.0605. The third-order valence-electron chi connectivity index (χ3n) is 5.64. The molecule has 2 amide bonds. The van der Waals surface area contributed by atoms with Gasteiger partial charge in [0.15, 0.2) is 5.78 Å². The summed E-state index contributed by atoms with van der Waals surface area (Å²) in [5.41, 5.74) is 12.0.